The van der Waals surface area contributed by atoms with Crippen LogP contribution in [0.5, 0.6) is 5.75 Å². The second-order valence-electron chi connectivity index (χ2n) is 4.19. The van der Waals surface area contributed by atoms with E-state index in [2.05, 4.69) is 5.32 Å². The van der Waals surface area contributed by atoms with Crippen LogP contribution in [0.1, 0.15) is 10.4 Å². The Morgan fingerprint density at radius 2 is 1.86 bits per heavy atom. The van der Waals surface area contributed by atoms with Crippen molar-refractivity contribution in [1.29, 1.82) is 0 Å². The molecule has 0 saturated heterocycles. The summed E-state index contributed by atoms with van der Waals surface area (Å²) < 4.78 is 5.04. The van der Waals surface area contributed by atoms with E-state index in [9.17, 15) is 4.79 Å². The Morgan fingerprint density at radius 3 is 2.52 bits per heavy atom. The summed E-state index contributed by atoms with van der Waals surface area (Å²) in [7, 11) is 1.58. The molecule has 0 aliphatic carbocycles. The van der Waals surface area contributed by atoms with Crippen molar-refractivity contribution < 1.29 is 9.53 Å². The van der Waals surface area contributed by atoms with Gasteiger partial charge in [0.2, 0.25) is 0 Å². The molecule has 0 aliphatic heterocycles. The minimum absolute atomic E-state index is 0.122. The van der Waals surface area contributed by atoms with E-state index < -0.39 is 0 Å². The second kappa shape index (κ2) is 7.16. The highest BCUT2D eigenvalue weighted by molar-refractivity contribution is 6.35. The molecule has 0 aliphatic rings. The van der Waals surface area contributed by atoms with Gasteiger partial charge in [-0.1, -0.05) is 23.2 Å². The lowest BCUT2D eigenvalue weighted by molar-refractivity contribution is 0.104. The summed E-state index contributed by atoms with van der Waals surface area (Å²) in [6, 6.07) is 12.0. The molecule has 0 spiro atoms. The number of halogens is 2. The first kappa shape index (κ1) is 15.4. The predicted molar refractivity (Wildman–Crippen MR) is 86.5 cm³/mol. The third-order valence-electron chi connectivity index (χ3n) is 2.78. The van der Waals surface area contributed by atoms with Gasteiger partial charge in [0.25, 0.3) is 0 Å². The summed E-state index contributed by atoms with van der Waals surface area (Å²) >= 11 is 11.9. The van der Waals surface area contributed by atoms with Crippen LogP contribution in [0.4, 0.5) is 5.69 Å². The van der Waals surface area contributed by atoms with Gasteiger partial charge in [0, 0.05) is 22.9 Å². The SMILES string of the molecule is COc1ccc(C(=O)/C=C\Nc2cc(Cl)ccc2Cl)cc1. The number of anilines is 1. The van der Waals surface area contributed by atoms with Gasteiger partial charge in [0.15, 0.2) is 5.78 Å². The monoisotopic (exact) mass is 321 g/mol. The van der Waals surface area contributed by atoms with Crippen molar-refractivity contribution in [2.24, 2.45) is 0 Å². The number of benzene rings is 2. The molecule has 0 amide bonds. The van der Waals surface area contributed by atoms with Gasteiger partial charge in [-0.3, -0.25) is 4.79 Å². The van der Waals surface area contributed by atoms with E-state index in [1.165, 1.54) is 12.3 Å². The zero-order valence-corrected chi connectivity index (χ0v) is 12.8. The average Bonchev–Trinajstić information content (AvgIpc) is 2.50. The van der Waals surface area contributed by atoms with E-state index in [1.54, 1.807) is 49.6 Å². The molecule has 0 unspecified atom stereocenters. The zero-order valence-electron chi connectivity index (χ0n) is 11.3. The summed E-state index contributed by atoms with van der Waals surface area (Å²) in [5.74, 6) is 0.586. The summed E-state index contributed by atoms with van der Waals surface area (Å²) in [5.41, 5.74) is 1.22. The minimum Gasteiger partial charge on any atom is -0.497 e. The van der Waals surface area contributed by atoms with E-state index in [4.69, 9.17) is 27.9 Å². The summed E-state index contributed by atoms with van der Waals surface area (Å²) in [4.78, 5) is 12.0. The van der Waals surface area contributed by atoms with E-state index in [0.717, 1.165) is 0 Å². The van der Waals surface area contributed by atoms with Crippen molar-refractivity contribution in [2.45, 2.75) is 0 Å². The first-order chi connectivity index (χ1) is 10.1. The van der Waals surface area contributed by atoms with Crippen LogP contribution in [0.25, 0.3) is 0 Å². The molecule has 108 valence electrons. The predicted octanol–water partition coefficient (Wildman–Crippen LogP) is 4.81. The standard InChI is InChI=1S/C16H13Cl2NO2/c1-21-13-5-2-11(3-6-13)16(20)8-9-19-15-10-12(17)4-7-14(15)18/h2-10,19H,1H3/b9-8-. The number of carbonyl (C=O) groups is 1. The molecule has 0 atom stereocenters. The molecular formula is C16H13Cl2NO2. The highest BCUT2D eigenvalue weighted by Crippen LogP contribution is 2.25. The highest BCUT2D eigenvalue weighted by Gasteiger charge is 2.02. The van der Waals surface area contributed by atoms with Gasteiger partial charge < -0.3 is 10.1 Å². The summed E-state index contributed by atoms with van der Waals surface area (Å²) in [5, 5.41) is 4.03. The lowest BCUT2D eigenvalue weighted by Gasteiger charge is -2.04. The van der Waals surface area contributed by atoms with Gasteiger partial charge in [0.05, 0.1) is 17.8 Å². The third-order valence-corrected chi connectivity index (χ3v) is 3.34. The van der Waals surface area contributed by atoms with Crippen LogP contribution in [-0.2, 0) is 0 Å². The van der Waals surface area contributed by atoms with Gasteiger partial charge in [-0.2, -0.15) is 0 Å². The minimum atomic E-state index is -0.122. The van der Waals surface area contributed by atoms with Gasteiger partial charge >= 0.3 is 0 Å². The van der Waals surface area contributed by atoms with Crippen molar-refractivity contribution in [3.63, 3.8) is 0 Å². The normalized spacial score (nSPS) is 10.6. The van der Waals surface area contributed by atoms with Crippen LogP contribution >= 0.6 is 23.2 Å². The molecule has 0 bridgehead atoms. The second-order valence-corrected chi connectivity index (χ2v) is 5.04. The fourth-order valence-electron chi connectivity index (χ4n) is 1.67. The van der Waals surface area contributed by atoms with E-state index >= 15 is 0 Å². The Balaban J connectivity index is 2.03. The molecule has 0 heterocycles. The zero-order chi connectivity index (χ0) is 15.2. The molecule has 5 heteroatoms. The fourth-order valence-corrected chi connectivity index (χ4v) is 2.01. The van der Waals surface area contributed by atoms with Crippen LogP contribution < -0.4 is 10.1 Å². The number of hydrogen-bond donors (Lipinski definition) is 1. The number of hydrogen-bond acceptors (Lipinski definition) is 3. The molecule has 3 nitrogen and oxygen atoms in total. The lowest BCUT2D eigenvalue weighted by Crippen LogP contribution is -1.96. The number of rotatable bonds is 5. The van der Waals surface area contributed by atoms with E-state index in [0.29, 0.717) is 27.0 Å². The van der Waals surface area contributed by atoms with Gasteiger partial charge in [-0.25, -0.2) is 0 Å². The third kappa shape index (κ3) is 4.25. The maximum absolute atomic E-state index is 12.0. The van der Waals surface area contributed by atoms with Crippen molar-refractivity contribution in [3.05, 3.63) is 70.3 Å². The molecular weight excluding hydrogens is 309 g/mol. The number of allylic oxidation sites excluding steroid dienone is 1. The maximum atomic E-state index is 12.0. The van der Waals surface area contributed by atoms with Crippen LogP contribution in [0.15, 0.2) is 54.7 Å². The highest BCUT2D eigenvalue weighted by atomic mass is 35.5. The fraction of sp³-hybridized carbons (Fsp3) is 0.0625. The number of carbonyl (C=O) groups excluding carboxylic acids is 1. The molecule has 0 fully saturated rings. The summed E-state index contributed by atoms with van der Waals surface area (Å²) in [6.07, 6.45) is 2.96. The Labute approximate surface area is 133 Å². The quantitative estimate of drug-likeness (QED) is 0.634. The molecule has 2 aromatic rings. The number of ether oxygens (including phenoxy) is 1. The Hall–Kier alpha value is -1.97. The first-order valence-corrected chi connectivity index (χ1v) is 6.92. The smallest absolute Gasteiger partial charge is 0.187 e. The molecule has 2 aromatic carbocycles. The van der Waals surface area contributed by atoms with Crippen LogP contribution in [0, 0.1) is 0 Å². The topological polar surface area (TPSA) is 38.3 Å². The van der Waals surface area contributed by atoms with E-state index in [-0.39, 0.29) is 5.78 Å². The molecule has 0 saturated carbocycles. The van der Waals surface area contributed by atoms with Crippen LogP contribution in [-0.4, -0.2) is 12.9 Å². The number of ketones is 1. The first-order valence-electron chi connectivity index (χ1n) is 6.16. The van der Waals surface area contributed by atoms with Crippen LogP contribution in [0.3, 0.4) is 0 Å². The van der Waals surface area contributed by atoms with Crippen molar-refractivity contribution >= 4 is 34.7 Å². The lowest BCUT2D eigenvalue weighted by atomic mass is 10.1. The number of methoxy groups -OCH3 is 1. The summed E-state index contributed by atoms with van der Waals surface area (Å²) in [6.45, 7) is 0. The van der Waals surface area contributed by atoms with Crippen molar-refractivity contribution in [2.75, 3.05) is 12.4 Å². The van der Waals surface area contributed by atoms with Crippen molar-refractivity contribution in [3.8, 4) is 5.75 Å². The molecule has 21 heavy (non-hydrogen) atoms. The Kier molecular flexibility index (Phi) is 5.26. The maximum Gasteiger partial charge on any atom is 0.187 e. The van der Waals surface area contributed by atoms with Gasteiger partial charge in [-0.05, 0) is 42.5 Å². The van der Waals surface area contributed by atoms with E-state index in [1.807, 2.05) is 0 Å². The molecule has 0 aromatic heterocycles. The number of nitrogens with one attached hydrogen (secondary N) is 1. The molecule has 1 N–H and O–H groups in total. The van der Waals surface area contributed by atoms with Gasteiger partial charge in [0.1, 0.15) is 5.75 Å². The molecule has 0 radical (unpaired) electrons. The largest absolute Gasteiger partial charge is 0.497 e. The van der Waals surface area contributed by atoms with Crippen molar-refractivity contribution in [1.82, 2.24) is 0 Å². The average molecular weight is 322 g/mol. The van der Waals surface area contributed by atoms with Gasteiger partial charge in [-0.15, -0.1) is 0 Å². The Morgan fingerprint density at radius 1 is 1.14 bits per heavy atom. The Bertz CT molecular complexity index is 666. The van der Waals surface area contributed by atoms with Crippen LogP contribution in [0.2, 0.25) is 10.0 Å². The molecule has 2 rings (SSSR count).